The molecule has 0 unspecified atom stereocenters. The third kappa shape index (κ3) is 3.15. The molecule has 0 radical (unpaired) electrons. The summed E-state index contributed by atoms with van der Waals surface area (Å²) < 4.78 is 1.41. The average Bonchev–Trinajstić information content (AvgIpc) is 3.15. The highest BCUT2D eigenvalue weighted by atomic mass is 32.1. The predicted molar refractivity (Wildman–Crippen MR) is 82.9 cm³/mol. The lowest BCUT2D eigenvalue weighted by atomic mass is 10.0. The van der Waals surface area contributed by atoms with Crippen molar-refractivity contribution in [3.05, 3.63) is 33.7 Å². The molecule has 2 aromatic rings. The number of hydrogen-bond donors (Lipinski definition) is 1. The number of fused-ring (bicyclic) bond motifs is 1. The summed E-state index contributed by atoms with van der Waals surface area (Å²) >= 11 is 1.38. The summed E-state index contributed by atoms with van der Waals surface area (Å²) in [5, 5.41) is 4.62. The predicted octanol–water partition coefficient (Wildman–Crippen LogP) is 2.46. The smallest absolute Gasteiger partial charge is 0.271 e. The van der Waals surface area contributed by atoms with Gasteiger partial charge < -0.3 is 5.32 Å². The summed E-state index contributed by atoms with van der Waals surface area (Å²) in [6.45, 7) is 0.626. The van der Waals surface area contributed by atoms with Gasteiger partial charge in [-0.25, -0.2) is 4.98 Å². The second-order valence-electron chi connectivity index (χ2n) is 5.58. The van der Waals surface area contributed by atoms with Crippen molar-refractivity contribution in [3.63, 3.8) is 0 Å². The first-order valence-electron chi connectivity index (χ1n) is 7.49. The number of hydrogen-bond acceptors (Lipinski definition) is 4. The minimum absolute atomic E-state index is 0.117. The Balaban J connectivity index is 1.56. The van der Waals surface area contributed by atoms with E-state index in [1.165, 1.54) is 54.0 Å². The van der Waals surface area contributed by atoms with E-state index < -0.39 is 0 Å². The Hall–Kier alpha value is -1.69. The molecule has 1 amide bonds. The number of nitrogens with zero attached hydrogens (tertiary/aromatic N) is 2. The van der Waals surface area contributed by atoms with Crippen LogP contribution in [0.2, 0.25) is 0 Å². The molecule has 1 saturated carbocycles. The zero-order valence-corrected chi connectivity index (χ0v) is 12.7. The highest BCUT2D eigenvalue weighted by molar-refractivity contribution is 7.15. The molecule has 1 aliphatic rings. The minimum atomic E-state index is -0.320. The summed E-state index contributed by atoms with van der Waals surface area (Å²) in [6.07, 6.45) is 10.5. The van der Waals surface area contributed by atoms with Crippen LogP contribution in [0.15, 0.2) is 22.6 Å². The van der Waals surface area contributed by atoms with Crippen molar-refractivity contribution < 1.29 is 4.79 Å². The number of aromatic nitrogens is 2. The van der Waals surface area contributed by atoms with Gasteiger partial charge in [-0.3, -0.25) is 14.0 Å². The molecule has 0 saturated heterocycles. The Kier molecular flexibility index (Phi) is 4.34. The highest BCUT2D eigenvalue weighted by Crippen LogP contribution is 2.28. The molecule has 0 atom stereocenters. The lowest BCUT2D eigenvalue weighted by Crippen LogP contribution is -2.31. The first kappa shape index (κ1) is 14.3. The van der Waals surface area contributed by atoms with Gasteiger partial charge >= 0.3 is 0 Å². The van der Waals surface area contributed by atoms with E-state index in [0.717, 1.165) is 12.3 Å². The molecule has 0 bridgehead atoms. The lowest BCUT2D eigenvalue weighted by molar-refractivity contribution is 0.0950. The quantitative estimate of drug-likeness (QED) is 0.863. The molecule has 3 rings (SSSR count). The topological polar surface area (TPSA) is 63.5 Å². The van der Waals surface area contributed by atoms with Crippen LogP contribution in [-0.2, 0) is 0 Å². The van der Waals surface area contributed by atoms with Crippen LogP contribution in [0.5, 0.6) is 0 Å². The average molecular weight is 305 g/mol. The van der Waals surface area contributed by atoms with E-state index >= 15 is 0 Å². The number of rotatable bonds is 5. The molecule has 0 spiro atoms. The maximum atomic E-state index is 12.1. The molecule has 21 heavy (non-hydrogen) atoms. The van der Waals surface area contributed by atoms with E-state index in [4.69, 9.17) is 0 Å². The van der Waals surface area contributed by atoms with Crippen LogP contribution in [0, 0.1) is 5.92 Å². The molecule has 2 heterocycles. The van der Waals surface area contributed by atoms with E-state index in [1.807, 2.05) is 0 Å². The normalized spacial score (nSPS) is 15.6. The summed E-state index contributed by atoms with van der Waals surface area (Å²) in [4.78, 5) is 29.0. The maximum absolute atomic E-state index is 12.1. The van der Waals surface area contributed by atoms with Gasteiger partial charge in [0.05, 0.1) is 0 Å². The highest BCUT2D eigenvalue weighted by Gasteiger charge is 2.15. The van der Waals surface area contributed by atoms with Gasteiger partial charge in [0.2, 0.25) is 0 Å². The van der Waals surface area contributed by atoms with Crippen LogP contribution in [0.1, 0.15) is 48.9 Å². The summed E-state index contributed by atoms with van der Waals surface area (Å²) in [5.41, 5.74) is -0.179. The van der Waals surface area contributed by atoms with E-state index in [2.05, 4.69) is 10.3 Å². The van der Waals surface area contributed by atoms with Crippen molar-refractivity contribution in [2.24, 2.45) is 5.92 Å². The van der Waals surface area contributed by atoms with E-state index in [0.29, 0.717) is 11.5 Å². The fourth-order valence-electron chi connectivity index (χ4n) is 2.97. The number of amides is 1. The third-order valence-corrected chi connectivity index (χ3v) is 4.91. The number of carbonyl (C=O) groups excluding carboxylic acids is 1. The SMILES string of the molecule is O=C(NCCCC1CCCC1)c1cnc2sccn2c1=O. The Morgan fingerprint density at radius 1 is 1.43 bits per heavy atom. The van der Waals surface area contributed by atoms with Gasteiger partial charge in [-0.2, -0.15) is 0 Å². The number of thiazole rings is 1. The number of carbonyl (C=O) groups is 1. The van der Waals surface area contributed by atoms with E-state index in [-0.39, 0.29) is 17.0 Å². The van der Waals surface area contributed by atoms with Crippen molar-refractivity contribution in [1.82, 2.24) is 14.7 Å². The van der Waals surface area contributed by atoms with E-state index in [1.54, 1.807) is 11.6 Å². The molecular formula is C15H19N3O2S. The van der Waals surface area contributed by atoms with Crippen LogP contribution >= 0.6 is 11.3 Å². The van der Waals surface area contributed by atoms with Gasteiger partial charge in [0.25, 0.3) is 11.5 Å². The van der Waals surface area contributed by atoms with Crippen molar-refractivity contribution in [2.45, 2.75) is 38.5 Å². The second kappa shape index (κ2) is 6.39. The van der Waals surface area contributed by atoms with Crippen LogP contribution < -0.4 is 10.9 Å². The zero-order chi connectivity index (χ0) is 14.7. The first-order chi connectivity index (χ1) is 10.3. The summed E-state index contributed by atoms with van der Waals surface area (Å²) in [5.74, 6) is 0.510. The van der Waals surface area contributed by atoms with Gasteiger partial charge in [-0.05, 0) is 18.8 Å². The zero-order valence-electron chi connectivity index (χ0n) is 11.9. The molecule has 1 N–H and O–H groups in total. The second-order valence-corrected chi connectivity index (χ2v) is 6.45. The molecule has 5 nitrogen and oxygen atoms in total. The molecule has 1 aliphatic carbocycles. The molecule has 0 aromatic carbocycles. The Bertz CT molecular complexity index is 686. The molecule has 112 valence electrons. The minimum Gasteiger partial charge on any atom is -0.352 e. The first-order valence-corrected chi connectivity index (χ1v) is 8.37. The molecule has 1 fully saturated rings. The molecular weight excluding hydrogens is 286 g/mol. The van der Waals surface area contributed by atoms with Crippen LogP contribution in [0.4, 0.5) is 0 Å². The largest absolute Gasteiger partial charge is 0.352 e. The summed E-state index contributed by atoms with van der Waals surface area (Å²) in [6, 6.07) is 0. The lowest BCUT2D eigenvalue weighted by Gasteiger charge is -2.09. The number of nitrogens with one attached hydrogen (secondary N) is 1. The van der Waals surface area contributed by atoms with E-state index in [9.17, 15) is 9.59 Å². The van der Waals surface area contributed by atoms with Crippen molar-refractivity contribution in [2.75, 3.05) is 6.54 Å². The maximum Gasteiger partial charge on any atom is 0.271 e. The standard InChI is InChI=1S/C15H19N3O2S/c19-13(16-7-3-6-11-4-1-2-5-11)12-10-17-15-18(14(12)20)8-9-21-15/h8-11H,1-7H2,(H,16,19). The van der Waals surface area contributed by atoms with Gasteiger partial charge in [-0.1, -0.05) is 25.7 Å². The fraction of sp³-hybridized carbons (Fsp3) is 0.533. The van der Waals surface area contributed by atoms with Crippen molar-refractivity contribution in [3.8, 4) is 0 Å². The Morgan fingerprint density at radius 3 is 3.05 bits per heavy atom. The summed E-state index contributed by atoms with van der Waals surface area (Å²) in [7, 11) is 0. The van der Waals surface area contributed by atoms with Crippen LogP contribution in [0.25, 0.3) is 4.96 Å². The fourth-order valence-corrected chi connectivity index (χ4v) is 3.64. The van der Waals surface area contributed by atoms with Gasteiger partial charge in [0, 0.05) is 24.3 Å². The molecule has 6 heteroatoms. The van der Waals surface area contributed by atoms with Gasteiger partial charge in [-0.15, -0.1) is 11.3 Å². The van der Waals surface area contributed by atoms with Crippen LogP contribution in [-0.4, -0.2) is 21.8 Å². The third-order valence-electron chi connectivity index (χ3n) is 4.14. The van der Waals surface area contributed by atoms with Gasteiger partial charge in [0.15, 0.2) is 4.96 Å². The van der Waals surface area contributed by atoms with Crippen molar-refractivity contribution >= 4 is 22.2 Å². The molecule has 0 aliphatic heterocycles. The van der Waals surface area contributed by atoms with Gasteiger partial charge in [0.1, 0.15) is 5.56 Å². The van der Waals surface area contributed by atoms with Crippen molar-refractivity contribution in [1.29, 1.82) is 0 Å². The Labute approximate surface area is 127 Å². The molecule has 2 aromatic heterocycles. The van der Waals surface area contributed by atoms with Crippen LogP contribution in [0.3, 0.4) is 0 Å². The monoisotopic (exact) mass is 305 g/mol. The Morgan fingerprint density at radius 2 is 2.24 bits per heavy atom.